The van der Waals surface area contributed by atoms with Crippen LogP contribution in [-0.2, 0) is 19.1 Å². The maximum absolute atomic E-state index is 14.2. The molecule has 0 heterocycles. The number of carbonyl (C=O) groups excluding carboxylic acids is 3. The van der Waals surface area contributed by atoms with E-state index in [0.29, 0.717) is 5.57 Å². The van der Waals surface area contributed by atoms with Crippen molar-refractivity contribution in [2.75, 3.05) is 7.11 Å². The first-order valence-electron chi connectivity index (χ1n) is 14.0. The molecule has 3 saturated carbocycles. The van der Waals surface area contributed by atoms with Crippen molar-refractivity contribution in [2.45, 2.75) is 93.4 Å². The lowest BCUT2D eigenvalue weighted by atomic mass is 9.39. The molecule has 202 valence electrons. The van der Waals surface area contributed by atoms with E-state index >= 15 is 0 Å². The number of ether oxygens (including phenoxy) is 1. The summed E-state index contributed by atoms with van der Waals surface area (Å²) < 4.78 is 5.38. The molecule has 0 spiro atoms. The molecule has 0 aromatic rings. The average Bonchev–Trinajstić information content (AvgIpc) is 2.83. The summed E-state index contributed by atoms with van der Waals surface area (Å²) in [4.78, 5) is 39.8. The van der Waals surface area contributed by atoms with Crippen molar-refractivity contribution in [3.05, 3.63) is 23.3 Å². The van der Waals surface area contributed by atoms with Gasteiger partial charge in [0.15, 0.2) is 5.78 Å². The van der Waals surface area contributed by atoms with Gasteiger partial charge in [-0.3, -0.25) is 9.59 Å². The van der Waals surface area contributed by atoms with Crippen LogP contribution in [-0.4, -0.2) is 25.1 Å². The lowest BCUT2D eigenvalue weighted by Crippen LogP contribution is -2.61. The van der Waals surface area contributed by atoms with E-state index in [1.54, 1.807) is 0 Å². The molecular formula is C32H45NO4. The first-order chi connectivity index (χ1) is 17.1. The number of fused-ring (bicyclic) bond motifs is 5. The Labute approximate surface area is 223 Å². The van der Waals surface area contributed by atoms with Gasteiger partial charge in [0, 0.05) is 22.3 Å². The minimum atomic E-state index is -0.594. The first kappa shape index (κ1) is 27.8. The molecule has 4 rings (SSSR count). The van der Waals surface area contributed by atoms with Gasteiger partial charge in [-0.25, -0.2) is 0 Å². The SMILES string of the molecule is COC(=O)C12CCC3C(C(=O)C=C4C(C)(/C=C(\C)C#N)C(C(C)(C)C=O)CCC43C)C1CC(C)(C)CC2. The van der Waals surface area contributed by atoms with Crippen LogP contribution in [0.2, 0.25) is 0 Å². The second-order valence-corrected chi connectivity index (χ2v) is 14.4. The van der Waals surface area contributed by atoms with Crippen molar-refractivity contribution in [3.63, 3.8) is 0 Å². The second-order valence-electron chi connectivity index (χ2n) is 14.4. The smallest absolute Gasteiger partial charge is 0.312 e. The Morgan fingerprint density at radius 1 is 1.11 bits per heavy atom. The zero-order chi connectivity index (χ0) is 27.6. The molecule has 7 atom stereocenters. The van der Waals surface area contributed by atoms with E-state index in [2.05, 4.69) is 33.8 Å². The lowest BCUT2D eigenvalue weighted by Gasteiger charge is -2.63. The second kappa shape index (κ2) is 8.92. The fourth-order valence-corrected chi connectivity index (χ4v) is 9.48. The molecule has 5 heteroatoms. The Balaban J connectivity index is 1.89. The van der Waals surface area contributed by atoms with Gasteiger partial charge < -0.3 is 9.53 Å². The number of hydrogen-bond donors (Lipinski definition) is 0. The maximum Gasteiger partial charge on any atom is 0.312 e. The Bertz CT molecular complexity index is 1110. The lowest BCUT2D eigenvalue weighted by molar-refractivity contribution is -0.178. The van der Waals surface area contributed by atoms with Crippen LogP contribution < -0.4 is 0 Å². The molecule has 3 fully saturated rings. The van der Waals surface area contributed by atoms with Gasteiger partial charge in [0.25, 0.3) is 0 Å². The molecule has 7 unspecified atom stereocenters. The van der Waals surface area contributed by atoms with Crippen LogP contribution in [0, 0.1) is 62.1 Å². The molecule has 0 saturated heterocycles. The summed E-state index contributed by atoms with van der Waals surface area (Å²) in [6, 6.07) is 2.28. The van der Waals surface area contributed by atoms with Gasteiger partial charge in [0.2, 0.25) is 0 Å². The van der Waals surface area contributed by atoms with E-state index in [4.69, 9.17) is 4.74 Å². The number of ketones is 1. The van der Waals surface area contributed by atoms with Crippen LogP contribution in [0.1, 0.15) is 93.4 Å². The largest absolute Gasteiger partial charge is 0.469 e. The minimum absolute atomic E-state index is 0.0177. The van der Waals surface area contributed by atoms with Gasteiger partial charge in [0.1, 0.15) is 6.29 Å². The van der Waals surface area contributed by atoms with Gasteiger partial charge in [-0.05, 0) is 86.5 Å². The molecule has 5 nitrogen and oxygen atoms in total. The fraction of sp³-hybridized carbons (Fsp3) is 0.750. The third kappa shape index (κ3) is 4.05. The van der Waals surface area contributed by atoms with Gasteiger partial charge in [-0.1, -0.05) is 53.2 Å². The predicted molar refractivity (Wildman–Crippen MR) is 143 cm³/mol. The fourth-order valence-electron chi connectivity index (χ4n) is 9.48. The molecule has 0 bridgehead atoms. The maximum atomic E-state index is 14.2. The number of rotatable bonds is 4. The quantitative estimate of drug-likeness (QED) is 0.242. The number of nitriles is 1. The van der Waals surface area contributed by atoms with Gasteiger partial charge in [-0.15, -0.1) is 0 Å². The summed E-state index contributed by atoms with van der Waals surface area (Å²) in [6.45, 7) is 14.7. The summed E-state index contributed by atoms with van der Waals surface area (Å²) in [6.07, 6.45) is 10.8. The van der Waals surface area contributed by atoms with Crippen LogP contribution in [0.5, 0.6) is 0 Å². The third-order valence-electron chi connectivity index (χ3n) is 11.3. The van der Waals surface area contributed by atoms with Gasteiger partial charge in [0.05, 0.1) is 18.6 Å². The molecule has 0 aromatic heterocycles. The first-order valence-corrected chi connectivity index (χ1v) is 14.0. The topological polar surface area (TPSA) is 84.2 Å². The summed E-state index contributed by atoms with van der Waals surface area (Å²) in [5, 5.41) is 9.69. The van der Waals surface area contributed by atoms with E-state index in [-0.39, 0.29) is 46.3 Å². The van der Waals surface area contributed by atoms with E-state index in [0.717, 1.165) is 56.8 Å². The van der Waals surface area contributed by atoms with Crippen molar-refractivity contribution >= 4 is 18.0 Å². The normalized spacial score (nSPS) is 41.3. The Kier molecular flexibility index (Phi) is 6.71. The summed E-state index contributed by atoms with van der Waals surface area (Å²) in [7, 11) is 1.48. The van der Waals surface area contributed by atoms with Crippen molar-refractivity contribution in [1.82, 2.24) is 0 Å². The average molecular weight is 508 g/mol. The van der Waals surface area contributed by atoms with Crippen molar-refractivity contribution in [2.24, 2.45) is 50.7 Å². The standard InChI is InChI=1S/C32H45NO4/c1-20(18-33)16-31(7)24(29(4,5)19-34)10-11-30(6)21-9-12-32(27(36)37-8)14-13-28(2,3)17-22(32)26(21)23(35)15-25(30)31/h15-16,19,21-22,24,26H,9-14,17H2,1-8H3/b20-16+. The molecule has 0 radical (unpaired) electrons. The number of nitrogens with zero attached hydrogens (tertiary/aromatic N) is 1. The highest BCUT2D eigenvalue weighted by molar-refractivity contribution is 5.96. The molecule has 4 aliphatic carbocycles. The van der Waals surface area contributed by atoms with Crippen LogP contribution in [0.15, 0.2) is 23.3 Å². The molecular weight excluding hydrogens is 462 g/mol. The van der Waals surface area contributed by atoms with E-state index < -0.39 is 16.2 Å². The van der Waals surface area contributed by atoms with E-state index in [1.807, 2.05) is 32.9 Å². The molecule has 0 aliphatic heterocycles. The van der Waals surface area contributed by atoms with Gasteiger partial charge in [-0.2, -0.15) is 5.26 Å². The molecule has 37 heavy (non-hydrogen) atoms. The zero-order valence-electron chi connectivity index (χ0n) is 24.1. The molecule has 0 amide bonds. The Hall–Kier alpha value is -2.22. The summed E-state index contributed by atoms with van der Waals surface area (Å²) >= 11 is 0. The summed E-state index contributed by atoms with van der Waals surface area (Å²) in [5.74, 6) is -0.152. The predicted octanol–water partition coefficient (Wildman–Crippen LogP) is 6.62. The highest BCUT2D eigenvalue weighted by atomic mass is 16.5. The van der Waals surface area contributed by atoms with Crippen molar-refractivity contribution in [3.8, 4) is 6.07 Å². The van der Waals surface area contributed by atoms with Gasteiger partial charge >= 0.3 is 5.97 Å². The zero-order valence-corrected chi connectivity index (χ0v) is 24.1. The highest BCUT2D eigenvalue weighted by Crippen LogP contribution is 2.69. The van der Waals surface area contributed by atoms with E-state index in [1.165, 1.54) is 7.11 Å². The Morgan fingerprint density at radius 2 is 1.78 bits per heavy atom. The number of carbonyl (C=O) groups is 3. The number of allylic oxidation sites excluding steroid dienone is 4. The highest BCUT2D eigenvalue weighted by Gasteiger charge is 2.66. The molecule has 4 aliphatic rings. The monoisotopic (exact) mass is 507 g/mol. The van der Waals surface area contributed by atoms with Crippen LogP contribution in [0.4, 0.5) is 0 Å². The number of aldehydes is 1. The summed E-state index contributed by atoms with van der Waals surface area (Å²) in [5.41, 5.74) is -0.242. The minimum Gasteiger partial charge on any atom is -0.469 e. The molecule has 0 N–H and O–H groups in total. The van der Waals surface area contributed by atoms with Crippen LogP contribution >= 0.6 is 0 Å². The third-order valence-corrected chi connectivity index (χ3v) is 11.3. The Morgan fingerprint density at radius 3 is 2.38 bits per heavy atom. The number of esters is 1. The van der Waals surface area contributed by atoms with Crippen LogP contribution in [0.25, 0.3) is 0 Å². The molecule has 0 aromatic carbocycles. The number of hydrogen-bond acceptors (Lipinski definition) is 5. The van der Waals surface area contributed by atoms with Crippen LogP contribution in [0.3, 0.4) is 0 Å². The van der Waals surface area contributed by atoms with E-state index in [9.17, 15) is 19.6 Å². The van der Waals surface area contributed by atoms with Crippen molar-refractivity contribution < 1.29 is 19.1 Å². The number of methoxy groups -OCH3 is 1. The van der Waals surface area contributed by atoms with Crippen molar-refractivity contribution in [1.29, 1.82) is 5.26 Å².